The van der Waals surface area contributed by atoms with Crippen molar-refractivity contribution in [3.8, 4) is 5.75 Å². The third kappa shape index (κ3) is 6.63. The second-order valence-electron chi connectivity index (χ2n) is 3.43. The summed E-state index contributed by atoms with van der Waals surface area (Å²) in [4.78, 5) is 0. The fourth-order valence-electron chi connectivity index (χ4n) is 1.25. The first-order valence-corrected chi connectivity index (χ1v) is 6.49. The van der Waals surface area contributed by atoms with Crippen molar-refractivity contribution >= 4 is 15.9 Å². The van der Waals surface area contributed by atoms with Gasteiger partial charge >= 0.3 is 0 Å². The highest BCUT2D eigenvalue weighted by Gasteiger charge is 1.98. The highest BCUT2D eigenvalue weighted by atomic mass is 79.9. The molecule has 0 bridgehead atoms. The Morgan fingerprint density at radius 2 is 1.94 bits per heavy atom. The van der Waals surface area contributed by atoms with E-state index in [9.17, 15) is 0 Å². The van der Waals surface area contributed by atoms with E-state index < -0.39 is 0 Å². The molecule has 0 aliphatic heterocycles. The van der Waals surface area contributed by atoms with Crippen LogP contribution in [0.15, 0.2) is 28.7 Å². The number of rotatable bonds is 9. The van der Waals surface area contributed by atoms with Crippen LogP contribution < -0.4 is 15.8 Å². The van der Waals surface area contributed by atoms with Crippen LogP contribution in [0.1, 0.15) is 0 Å². The summed E-state index contributed by atoms with van der Waals surface area (Å²) in [6.45, 7) is 4.14. The average Bonchev–Trinajstić information content (AvgIpc) is 2.35. The lowest BCUT2D eigenvalue weighted by Gasteiger charge is -2.08. The maximum absolute atomic E-state index is 5.55. The van der Waals surface area contributed by atoms with Gasteiger partial charge in [0.15, 0.2) is 0 Å². The van der Waals surface area contributed by atoms with Crippen LogP contribution in [0.3, 0.4) is 0 Å². The van der Waals surface area contributed by atoms with Gasteiger partial charge in [0.25, 0.3) is 0 Å². The van der Waals surface area contributed by atoms with E-state index in [2.05, 4.69) is 21.2 Å². The molecule has 0 amide bonds. The second-order valence-corrected chi connectivity index (χ2v) is 4.28. The number of halogens is 1. The van der Waals surface area contributed by atoms with Gasteiger partial charge in [0.05, 0.1) is 17.7 Å². The van der Waals surface area contributed by atoms with E-state index in [1.54, 1.807) is 0 Å². The molecule has 3 N–H and O–H groups in total. The first kappa shape index (κ1) is 14.4. The Balaban J connectivity index is 1.99. The topological polar surface area (TPSA) is 56.5 Å². The fraction of sp³-hybridized carbons (Fsp3) is 0.500. The van der Waals surface area contributed by atoms with Crippen LogP contribution in [-0.2, 0) is 4.74 Å². The van der Waals surface area contributed by atoms with Gasteiger partial charge in [0.1, 0.15) is 12.4 Å². The number of nitrogens with two attached hydrogens (primary N) is 1. The number of hydrogen-bond acceptors (Lipinski definition) is 4. The van der Waals surface area contributed by atoms with Crippen LogP contribution in [-0.4, -0.2) is 39.5 Å². The zero-order chi connectivity index (χ0) is 12.3. The van der Waals surface area contributed by atoms with Crippen molar-refractivity contribution in [3.05, 3.63) is 28.7 Å². The third-order valence-corrected chi connectivity index (χ3v) is 2.72. The Labute approximate surface area is 111 Å². The molecule has 0 aliphatic rings. The van der Waals surface area contributed by atoms with Crippen molar-refractivity contribution < 1.29 is 9.47 Å². The number of benzene rings is 1. The van der Waals surface area contributed by atoms with E-state index in [4.69, 9.17) is 15.2 Å². The number of nitrogens with one attached hydrogen (secondary N) is 1. The molecular weight excluding hydrogens is 284 g/mol. The molecule has 0 radical (unpaired) electrons. The first-order chi connectivity index (χ1) is 8.34. The average molecular weight is 303 g/mol. The Morgan fingerprint density at radius 1 is 1.12 bits per heavy atom. The summed E-state index contributed by atoms with van der Waals surface area (Å²) in [6, 6.07) is 7.77. The van der Waals surface area contributed by atoms with Crippen molar-refractivity contribution in [1.82, 2.24) is 5.32 Å². The molecule has 96 valence electrons. The highest BCUT2D eigenvalue weighted by molar-refractivity contribution is 9.10. The van der Waals surface area contributed by atoms with Crippen molar-refractivity contribution in [3.63, 3.8) is 0 Å². The first-order valence-electron chi connectivity index (χ1n) is 5.70. The molecule has 0 heterocycles. The minimum absolute atomic E-state index is 0.555. The molecule has 1 aromatic carbocycles. The van der Waals surface area contributed by atoms with Gasteiger partial charge in [-0.2, -0.15) is 0 Å². The van der Waals surface area contributed by atoms with Gasteiger partial charge in [0, 0.05) is 19.6 Å². The van der Waals surface area contributed by atoms with Crippen LogP contribution >= 0.6 is 15.9 Å². The Morgan fingerprint density at radius 3 is 2.71 bits per heavy atom. The van der Waals surface area contributed by atoms with Crippen LogP contribution in [0.5, 0.6) is 5.75 Å². The van der Waals surface area contributed by atoms with Crippen LogP contribution in [0, 0.1) is 0 Å². The standard InChI is InChI=1S/C12H19BrN2O2/c13-11-3-1-2-4-12(11)17-10-9-16-8-7-15-6-5-14/h1-4,15H,5-10,14H2. The summed E-state index contributed by atoms with van der Waals surface area (Å²) in [7, 11) is 0. The zero-order valence-electron chi connectivity index (χ0n) is 9.82. The monoisotopic (exact) mass is 302 g/mol. The van der Waals surface area contributed by atoms with E-state index >= 15 is 0 Å². The van der Waals surface area contributed by atoms with Gasteiger partial charge in [0.2, 0.25) is 0 Å². The molecule has 0 unspecified atom stereocenters. The van der Waals surface area contributed by atoms with E-state index in [0.29, 0.717) is 26.4 Å². The molecule has 0 atom stereocenters. The van der Waals surface area contributed by atoms with E-state index in [1.807, 2.05) is 24.3 Å². The second kappa shape index (κ2) is 9.41. The van der Waals surface area contributed by atoms with Gasteiger partial charge < -0.3 is 20.5 Å². The summed E-state index contributed by atoms with van der Waals surface area (Å²) in [5, 5.41) is 3.15. The molecule has 0 aliphatic carbocycles. The predicted molar refractivity (Wildman–Crippen MR) is 72.4 cm³/mol. The molecule has 0 saturated heterocycles. The minimum atomic E-state index is 0.555. The minimum Gasteiger partial charge on any atom is -0.490 e. The molecule has 0 saturated carbocycles. The summed E-state index contributed by atoms with van der Waals surface area (Å²) in [6.07, 6.45) is 0. The lowest BCUT2D eigenvalue weighted by Crippen LogP contribution is -2.26. The van der Waals surface area contributed by atoms with Crippen LogP contribution in [0.4, 0.5) is 0 Å². The lowest BCUT2D eigenvalue weighted by molar-refractivity contribution is 0.102. The Hall–Kier alpha value is -0.620. The van der Waals surface area contributed by atoms with Gasteiger partial charge in [-0.1, -0.05) is 12.1 Å². The number of ether oxygens (including phenoxy) is 2. The summed E-state index contributed by atoms with van der Waals surface area (Å²) >= 11 is 3.42. The van der Waals surface area contributed by atoms with Gasteiger partial charge in [-0.05, 0) is 28.1 Å². The van der Waals surface area contributed by atoms with Crippen molar-refractivity contribution in [1.29, 1.82) is 0 Å². The summed E-state index contributed by atoms with van der Waals surface area (Å²) in [5.74, 6) is 0.845. The zero-order valence-corrected chi connectivity index (χ0v) is 11.4. The molecule has 0 aromatic heterocycles. The summed E-state index contributed by atoms with van der Waals surface area (Å²) in [5.41, 5.74) is 5.34. The van der Waals surface area contributed by atoms with E-state index in [0.717, 1.165) is 23.3 Å². The molecular formula is C12H19BrN2O2. The molecule has 5 heteroatoms. The predicted octanol–water partition coefficient (Wildman–Crippen LogP) is 1.39. The van der Waals surface area contributed by atoms with Gasteiger partial charge in [-0.3, -0.25) is 0 Å². The number of para-hydroxylation sites is 1. The SMILES string of the molecule is NCCNCCOCCOc1ccccc1Br. The van der Waals surface area contributed by atoms with Crippen LogP contribution in [0.2, 0.25) is 0 Å². The van der Waals surface area contributed by atoms with Gasteiger partial charge in [-0.25, -0.2) is 0 Å². The normalized spacial score (nSPS) is 10.5. The quantitative estimate of drug-likeness (QED) is 0.677. The lowest BCUT2D eigenvalue weighted by atomic mass is 10.3. The third-order valence-electron chi connectivity index (χ3n) is 2.07. The summed E-state index contributed by atoms with van der Waals surface area (Å²) < 4.78 is 11.9. The number of hydrogen-bond donors (Lipinski definition) is 2. The maximum Gasteiger partial charge on any atom is 0.133 e. The largest absolute Gasteiger partial charge is 0.490 e. The van der Waals surface area contributed by atoms with E-state index in [1.165, 1.54) is 0 Å². The smallest absolute Gasteiger partial charge is 0.133 e. The molecule has 0 fully saturated rings. The molecule has 1 rings (SSSR count). The maximum atomic E-state index is 5.55. The molecule has 0 spiro atoms. The molecule has 4 nitrogen and oxygen atoms in total. The van der Waals surface area contributed by atoms with Crippen molar-refractivity contribution in [2.45, 2.75) is 0 Å². The van der Waals surface area contributed by atoms with E-state index in [-0.39, 0.29) is 0 Å². The molecule has 17 heavy (non-hydrogen) atoms. The Kier molecular flexibility index (Phi) is 8.00. The molecule has 1 aromatic rings. The van der Waals surface area contributed by atoms with Crippen molar-refractivity contribution in [2.24, 2.45) is 5.73 Å². The van der Waals surface area contributed by atoms with Crippen molar-refractivity contribution in [2.75, 3.05) is 39.5 Å². The fourth-order valence-corrected chi connectivity index (χ4v) is 1.65. The highest BCUT2D eigenvalue weighted by Crippen LogP contribution is 2.23. The van der Waals surface area contributed by atoms with Crippen LogP contribution in [0.25, 0.3) is 0 Å². The Bertz CT molecular complexity index is 310. The van der Waals surface area contributed by atoms with Gasteiger partial charge in [-0.15, -0.1) is 0 Å².